The van der Waals surface area contributed by atoms with E-state index in [0.29, 0.717) is 0 Å². The van der Waals surface area contributed by atoms with Gasteiger partial charge in [0.15, 0.2) is 0 Å². The van der Waals surface area contributed by atoms with Gasteiger partial charge in [-0.3, -0.25) is 0 Å². The maximum Gasteiger partial charge on any atom is 0.0658 e. The monoisotopic (exact) mass is 316 g/mol. The Labute approximate surface area is 122 Å². The summed E-state index contributed by atoms with van der Waals surface area (Å²) in [7, 11) is 0. The van der Waals surface area contributed by atoms with Crippen molar-refractivity contribution in [1.29, 1.82) is 0 Å². The highest BCUT2D eigenvalue weighted by Gasteiger charge is 2.19. The first-order valence-corrected chi connectivity index (χ1v) is 7.48. The van der Waals surface area contributed by atoms with Crippen LogP contribution in [0.1, 0.15) is 12.5 Å². The molecule has 0 aromatic heterocycles. The lowest BCUT2D eigenvalue weighted by molar-refractivity contribution is 0.915. The average Bonchev–Trinajstić information content (AvgIpc) is 2.46. The van der Waals surface area contributed by atoms with E-state index in [0.717, 1.165) is 24.0 Å². The number of nitrogens with one attached hydrogen (secondary N) is 1. The summed E-state index contributed by atoms with van der Waals surface area (Å²) in [5, 5.41) is 3.46. The minimum atomic E-state index is 0.979. The van der Waals surface area contributed by atoms with Crippen LogP contribution < -0.4 is 10.2 Å². The molecule has 1 aliphatic heterocycles. The number of anilines is 3. The quantitative estimate of drug-likeness (QED) is 0.872. The molecule has 3 heteroatoms. The highest BCUT2D eigenvalue weighted by Crippen LogP contribution is 2.37. The standard InChI is InChI=1S/C16H17BrN2/c1-2-12-5-3-4-6-15(12)19-10-9-18-14-8-7-13(17)11-16(14)19/h3-8,11,18H,2,9-10H2,1H3. The zero-order valence-corrected chi connectivity index (χ0v) is 12.6. The summed E-state index contributed by atoms with van der Waals surface area (Å²) < 4.78 is 1.12. The smallest absolute Gasteiger partial charge is 0.0658 e. The Kier molecular flexibility index (Phi) is 3.47. The molecule has 0 radical (unpaired) electrons. The molecule has 0 unspecified atom stereocenters. The Morgan fingerprint density at radius 2 is 2.00 bits per heavy atom. The van der Waals surface area contributed by atoms with Crippen LogP contribution in [0.15, 0.2) is 46.9 Å². The van der Waals surface area contributed by atoms with Crippen molar-refractivity contribution in [2.24, 2.45) is 0 Å². The maximum absolute atomic E-state index is 3.57. The molecule has 1 aliphatic rings. The van der Waals surface area contributed by atoms with Gasteiger partial charge in [-0.25, -0.2) is 0 Å². The molecule has 2 nitrogen and oxygen atoms in total. The summed E-state index contributed by atoms with van der Waals surface area (Å²) in [6.07, 6.45) is 1.06. The Morgan fingerprint density at radius 3 is 2.84 bits per heavy atom. The third kappa shape index (κ3) is 2.35. The van der Waals surface area contributed by atoms with Crippen LogP contribution in [0.3, 0.4) is 0 Å². The number of nitrogens with zero attached hydrogens (tertiary/aromatic N) is 1. The molecule has 0 aliphatic carbocycles. The predicted molar refractivity (Wildman–Crippen MR) is 85.5 cm³/mol. The first-order chi connectivity index (χ1) is 9.29. The van der Waals surface area contributed by atoms with Crippen LogP contribution in [-0.4, -0.2) is 13.1 Å². The summed E-state index contributed by atoms with van der Waals surface area (Å²) >= 11 is 3.57. The highest BCUT2D eigenvalue weighted by molar-refractivity contribution is 9.10. The fourth-order valence-corrected chi connectivity index (χ4v) is 2.97. The SMILES string of the molecule is CCc1ccccc1N1CCNc2ccc(Br)cc21. The molecule has 3 rings (SSSR count). The number of fused-ring (bicyclic) bond motifs is 1. The van der Waals surface area contributed by atoms with E-state index in [1.807, 2.05) is 0 Å². The second-order valence-corrected chi connectivity index (χ2v) is 5.64. The molecule has 0 saturated carbocycles. The van der Waals surface area contributed by atoms with Crippen molar-refractivity contribution in [3.63, 3.8) is 0 Å². The maximum atomic E-state index is 3.57. The van der Waals surface area contributed by atoms with E-state index in [-0.39, 0.29) is 0 Å². The van der Waals surface area contributed by atoms with E-state index in [4.69, 9.17) is 0 Å². The summed E-state index contributed by atoms with van der Waals surface area (Å²) in [5.74, 6) is 0. The first kappa shape index (κ1) is 12.5. The van der Waals surface area contributed by atoms with Crippen molar-refractivity contribution < 1.29 is 0 Å². The van der Waals surface area contributed by atoms with E-state index < -0.39 is 0 Å². The number of halogens is 1. The fourth-order valence-electron chi connectivity index (χ4n) is 2.62. The molecule has 2 aromatic carbocycles. The third-order valence-electron chi connectivity index (χ3n) is 3.56. The predicted octanol–water partition coefficient (Wildman–Crippen LogP) is 4.58. The lowest BCUT2D eigenvalue weighted by Gasteiger charge is -2.33. The number of rotatable bonds is 2. The van der Waals surface area contributed by atoms with Crippen molar-refractivity contribution in [2.75, 3.05) is 23.3 Å². The number of hydrogen-bond donors (Lipinski definition) is 1. The molecule has 19 heavy (non-hydrogen) atoms. The largest absolute Gasteiger partial charge is 0.382 e. The lowest BCUT2D eigenvalue weighted by atomic mass is 10.1. The van der Waals surface area contributed by atoms with Gasteiger partial charge >= 0.3 is 0 Å². The summed E-state index contributed by atoms with van der Waals surface area (Å²) in [6.45, 7) is 4.19. The number of aryl methyl sites for hydroxylation is 1. The van der Waals surface area contributed by atoms with E-state index in [1.54, 1.807) is 0 Å². The second-order valence-electron chi connectivity index (χ2n) is 4.72. The van der Waals surface area contributed by atoms with Crippen LogP contribution in [0.5, 0.6) is 0 Å². The summed E-state index contributed by atoms with van der Waals surface area (Å²) in [5.41, 5.74) is 5.18. The molecule has 0 saturated heterocycles. The van der Waals surface area contributed by atoms with Gasteiger partial charge in [0.05, 0.1) is 11.4 Å². The Bertz CT molecular complexity index is 595. The van der Waals surface area contributed by atoms with Gasteiger partial charge in [-0.15, -0.1) is 0 Å². The van der Waals surface area contributed by atoms with Gasteiger partial charge in [-0.2, -0.15) is 0 Å². The van der Waals surface area contributed by atoms with Crippen LogP contribution in [0, 0.1) is 0 Å². The van der Waals surface area contributed by atoms with Gasteiger partial charge in [0.25, 0.3) is 0 Å². The second kappa shape index (κ2) is 5.25. The first-order valence-electron chi connectivity index (χ1n) is 6.68. The minimum absolute atomic E-state index is 0.979. The number of para-hydroxylation sites is 1. The molecule has 1 N–H and O–H groups in total. The molecule has 0 amide bonds. The van der Waals surface area contributed by atoms with E-state index in [1.165, 1.54) is 22.6 Å². The van der Waals surface area contributed by atoms with Gasteiger partial charge < -0.3 is 10.2 Å². The van der Waals surface area contributed by atoms with Crippen LogP contribution >= 0.6 is 15.9 Å². The Morgan fingerprint density at radius 1 is 1.16 bits per heavy atom. The molecule has 0 spiro atoms. The Balaban J connectivity index is 2.10. The third-order valence-corrected chi connectivity index (χ3v) is 4.06. The summed E-state index contributed by atoms with van der Waals surface area (Å²) in [6, 6.07) is 15.1. The zero-order chi connectivity index (χ0) is 13.2. The lowest BCUT2D eigenvalue weighted by Crippen LogP contribution is -2.30. The van der Waals surface area contributed by atoms with Crippen molar-refractivity contribution in [3.05, 3.63) is 52.5 Å². The van der Waals surface area contributed by atoms with Crippen molar-refractivity contribution >= 4 is 33.0 Å². The van der Waals surface area contributed by atoms with E-state index in [2.05, 4.69) is 75.5 Å². The minimum Gasteiger partial charge on any atom is -0.382 e. The molecular formula is C16H17BrN2. The average molecular weight is 317 g/mol. The van der Waals surface area contributed by atoms with Gasteiger partial charge in [-0.1, -0.05) is 41.1 Å². The van der Waals surface area contributed by atoms with Crippen LogP contribution in [0.4, 0.5) is 17.1 Å². The van der Waals surface area contributed by atoms with Crippen molar-refractivity contribution in [2.45, 2.75) is 13.3 Å². The number of hydrogen-bond acceptors (Lipinski definition) is 2. The van der Waals surface area contributed by atoms with Gasteiger partial charge in [0.2, 0.25) is 0 Å². The molecule has 0 atom stereocenters. The summed E-state index contributed by atoms with van der Waals surface area (Å²) in [4.78, 5) is 2.41. The highest BCUT2D eigenvalue weighted by atomic mass is 79.9. The zero-order valence-electron chi connectivity index (χ0n) is 11.0. The van der Waals surface area contributed by atoms with E-state index in [9.17, 15) is 0 Å². The van der Waals surface area contributed by atoms with Crippen molar-refractivity contribution in [3.8, 4) is 0 Å². The molecule has 1 heterocycles. The fraction of sp³-hybridized carbons (Fsp3) is 0.250. The van der Waals surface area contributed by atoms with Gasteiger partial charge in [-0.05, 0) is 36.2 Å². The molecule has 2 aromatic rings. The topological polar surface area (TPSA) is 15.3 Å². The van der Waals surface area contributed by atoms with E-state index >= 15 is 0 Å². The Hall–Kier alpha value is -1.48. The van der Waals surface area contributed by atoms with Crippen molar-refractivity contribution in [1.82, 2.24) is 0 Å². The van der Waals surface area contributed by atoms with Gasteiger partial charge in [0, 0.05) is 23.2 Å². The van der Waals surface area contributed by atoms with Crippen LogP contribution in [0.2, 0.25) is 0 Å². The molecule has 0 fully saturated rings. The molecule has 98 valence electrons. The van der Waals surface area contributed by atoms with Gasteiger partial charge in [0.1, 0.15) is 0 Å². The molecular weight excluding hydrogens is 300 g/mol. The normalized spacial score (nSPS) is 13.9. The number of benzene rings is 2. The molecule has 0 bridgehead atoms. The van der Waals surface area contributed by atoms with Crippen LogP contribution in [-0.2, 0) is 6.42 Å². The van der Waals surface area contributed by atoms with Crippen LogP contribution in [0.25, 0.3) is 0 Å².